The summed E-state index contributed by atoms with van der Waals surface area (Å²) in [4.78, 5) is 0. The standard InChI is InChI=1S/C15H25N/c1-12-7-6-8-13(11-12)14(16-5)9-10-15(2,3)4/h6-8,11,14,16H,9-10H2,1-5H3. The zero-order valence-corrected chi connectivity index (χ0v) is 11.3. The first-order valence-electron chi connectivity index (χ1n) is 6.16. The summed E-state index contributed by atoms with van der Waals surface area (Å²) in [6, 6.07) is 9.28. The maximum absolute atomic E-state index is 3.42. The quantitative estimate of drug-likeness (QED) is 0.804. The zero-order valence-electron chi connectivity index (χ0n) is 11.3. The highest BCUT2D eigenvalue weighted by molar-refractivity contribution is 5.25. The average Bonchev–Trinajstić information content (AvgIpc) is 2.17. The molecule has 90 valence electrons. The highest BCUT2D eigenvalue weighted by Gasteiger charge is 2.15. The van der Waals surface area contributed by atoms with E-state index in [0.717, 1.165) is 0 Å². The Balaban J connectivity index is 2.68. The second kappa shape index (κ2) is 5.49. The molecule has 0 bridgehead atoms. The number of hydrogen-bond acceptors (Lipinski definition) is 1. The normalized spacial score (nSPS) is 13.8. The van der Waals surface area contributed by atoms with Crippen LogP contribution in [-0.2, 0) is 0 Å². The third-order valence-corrected chi connectivity index (χ3v) is 2.98. The Morgan fingerprint density at radius 3 is 2.44 bits per heavy atom. The lowest BCUT2D eigenvalue weighted by Crippen LogP contribution is -2.19. The maximum Gasteiger partial charge on any atom is 0.0317 e. The van der Waals surface area contributed by atoms with Gasteiger partial charge in [-0.05, 0) is 37.8 Å². The molecule has 0 aromatic heterocycles. The third-order valence-electron chi connectivity index (χ3n) is 2.98. The van der Waals surface area contributed by atoms with Gasteiger partial charge >= 0.3 is 0 Å². The van der Waals surface area contributed by atoms with Crippen LogP contribution in [-0.4, -0.2) is 7.05 Å². The van der Waals surface area contributed by atoms with Gasteiger partial charge in [0.1, 0.15) is 0 Å². The van der Waals surface area contributed by atoms with E-state index in [1.165, 1.54) is 24.0 Å². The van der Waals surface area contributed by atoms with Crippen molar-refractivity contribution in [3.63, 3.8) is 0 Å². The zero-order chi connectivity index (χ0) is 12.2. The summed E-state index contributed by atoms with van der Waals surface area (Å²) in [5.74, 6) is 0. The average molecular weight is 219 g/mol. The van der Waals surface area contributed by atoms with Crippen LogP contribution in [0, 0.1) is 12.3 Å². The minimum absolute atomic E-state index is 0.416. The molecule has 1 heteroatoms. The van der Waals surface area contributed by atoms with Crippen molar-refractivity contribution in [1.82, 2.24) is 5.32 Å². The molecule has 1 aromatic rings. The fourth-order valence-corrected chi connectivity index (χ4v) is 1.94. The topological polar surface area (TPSA) is 12.0 Å². The fourth-order valence-electron chi connectivity index (χ4n) is 1.94. The molecule has 0 aliphatic carbocycles. The number of nitrogens with one attached hydrogen (secondary N) is 1. The Hall–Kier alpha value is -0.820. The van der Waals surface area contributed by atoms with Crippen LogP contribution in [0.2, 0.25) is 0 Å². The van der Waals surface area contributed by atoms with Crippen molar-refractivity contribution in [2.24, 2.45) is 5.41 Å². The van der Waals surface area contributed by atoms with Crippen LogP contribution >= 0.6 is 0 Å². The maximum atomic E-state index is 3.42. The summed E-state index contributed by atoms with van der Waals surface area (Å²) in [6.45, 7) is 9.06. The van der Waals surface area contributed by atoms with Gasteiger partial charge in [-0.25, -0.2) is 0 Å². The van der Waals surface area contributed by atoms with E-state index in [2.05, 4.69) is 64.3 Å². The Morgan fingerprint density at radius 2 is 1.94 bits per heavy atom. The van der Waals surface area contributed by atoms with Crippen LogP contribution in [0.1, 0.15) is 50.8 Å². The van der Waals surface area contributed by atoms with E-state index >= 15 is 0 Å². The van der Waals surface area contributed by atoms with Crippen LogP contribution in [0.5, 0.6) is 0 Å². The predicted molar refractivity (Wildman–Crippen MR) is 71.7 cm³/mol. The second-order valence-electron chi connectivity index (χ2n) is 5.85. The molecule has 1 aromatic carbocycles. The molecule has 1 nitrogen and oxygen atoms in total. The van der Waals surface area contributed by atoms with Crippen LogP contribution in [0.25, 0.3) is 0 Å². The summed E-state index contributed by atoms with van der Waals surface area (Å²) in [5.41, 5.74) is 3.17. The molecule has 0 spiro atoms. The molecule has 1 unspecified atom stereocenters. The summed E-state index contributed by atoms with van der Waals surface area (Å²) in [5, 5.41) is 3.42. The summed E-state index contributed by atoms with van der Waals surface area (Å²) >= 11 is 0. The van der Waals surface area contributed by atoms with Crippen LogP contribution < -0.4 is 5.32 Å². The minimum Gasteiger partial charge on any atom is -0.313 e. The molecule has 1 N–H and O–H groups in total. The Morgan fingerprint density at radius 1 is 1.25 bits per heavy atom. The largest absolute Gasteiger partial charge is 0.313 e. The van der Waals surface area contributed by atoms with Crippen molar-refractivity contribution in [2.45, 2.75) is 46.6 Å². The SMILES string of the molecule is CNC(CCC(C)(C)C)c1cccc(C)c1. The van der Waals surface area contributed by atoms with E-state index in [1.54, 1.807) is 0 Å². The van der Waals surface area contributed by atoms with E-state index in [9.17, 15) is 0 Å². The van der Waals surface area contributed by atoms with E-state index in [0.29, 0.717) is 11.5 Å². The van der Waals surface area contributed by atoms with Gasteiger partial charge in [0.15, 0.2) is 0 Å². The predicted octanol–water partition coefficient (Wildman–Crippen LogP) is 4.08. The molecule has 0 aliphatic heterocycles. The summed E-state index contributed by atoms with van der Waals surface area (Å²) in [6.07, 6.45) is 2.44. The van der Waals surface area contributed by atoms with Gasteiger partial charge in [-0.2, -0.15) is 0 Å². The molecule has 0 fully saturated rings. The first kappa shape index (κ1) is 13.2. The molecule has 0 amide bonds. The van der Waals surface area contributed by atoms with E-state index in [4.69, 9.17) is 0 Å². The molecule has 0 aliphatic rings. The second-order valence-corrected chi connectivity index (χ2v) is 5.85. The van der Waals surface area contributed by atoms with Crippen molar-refractivity contribution in [1.29, 1.82) is 0 Å². The lowest BCUT2D eigenvalue weighted by molar-refractivity contribution is 0.338. The van der Waals surface area contributed by atoms with Crippen molar-refractivity contribution >= 4 is 0 Å². The smallest absolute Gasteiger partial charge is 0.0317 e. The Kier molecular flexibility index (Phi) is 4.55. The first-order chi connectivity index (χ1) is 7.42. The molecule has 0 radical (unpaired) electrons. The molecule has 1 atom stereocenters. The molecule has 16 heavy (non-hydrogen) atoms. The van der Waals surface area contributed by atoms with E-state index < -0.39 is 0 Å². The number of benzene rings is 1. The Bertz CT molecular complexity index is 322. The van der Waals surface area contributed by atoms with E-state index in [-0.39, 0.29) is 0 Å². The van der Waals surface area contributed by atoms with Crippen molar-refractivity contribution in [3.8, 4) is 0 Å². The van der Waals surface area contributed by atoms with Gasteiger partial charge in [0.25, 0.3) is 0 Å². The fraction of sp³-hybridized carbons (Fsp3) is 0.600. The van der Waals surface area contributed by atoms with Crippen LogP contribution in [0.15, 0.2) is 24.3 Å². The molecular formula is C15H25N. The molecule has 0 saturated heterocycles. The highest BCUT2D eigenvalue weighted by atomic mass is 14.9. The van der Waals surface area contributed by atoms with Crippen LogP contribution in [0.3, 0.4) is 0 Å². The van der Waals surface area contributed by atoms with Gasteiger partial charge < -0.3 is 5.32 Å². The number of hydrogen-bond donors (Lipinski definition) is 1. The number of rotatable bonds is 4. The van der Waals surface area contributed by atoms with Gasteiger partial charge in [-0.15, -0.1) is 0 Å². The molecule has 0 saturated carbocycles. The molecular weight excluding hydrogens is 194 g/mol. The van der Waals surface area contributed by atoms with Gasteiger partial charge in [0, 0.05) is 6.04 Å². The van der Waals surface area contributed by atoms with Gasteiger partial charge in [0.05, 0.1) is 0 Å². The van der Waals surface area contributed by atoms with Gasteiger partial charge in [0.2, 0.25) is 0 Å². The molecule has 1 rings (SSSR count). The van der Waals surface area contributed by atoms with Crippen LogP contribution in [0.4, 0.5) is 0 Å². The highest BCUT2D eigenvalue weighted by Crippen LogP contribution is 2.27. The van der Waals surface area contributed by atoms with Crippen molar-refractivity contribution in [3.05, 3.63) is 35.4 Å². The summed E-state index contributed by atoms with van der Waals surface area (Å²) in [7, 11) is 2.05. The third kappa shape index (κ3) is 4.36. The summed E-state index contributed by atoms with van der Waals surface area (Å²) < 4.78 is 0. The minimum atomic E-state index is 0.416. The Labute approximate surface area is 100 Å². The van der Waals surface area contributed by atoms with Crippen molar-refractivity contribution in [2.75, 3.05) is 7.05 Å². The number of aryl methyl sites for hydroxylation is 1. The van der Waals surface area contributed by atoms with Gasteiger partial charge in [-0.1, -0.05) is 50.6 Å². The first-order valence-corrected chi connectivity index (χ1v) is 6.16. The van der Waals surface area contributed by atoms with E-state index in [1.807, 2.05) is 0 Å². The monoisotopic (exact) mass is 219 g/mol. The molecule has 0 heterocycles. The lowest BCUT2D eigenvalue weighted by atomic mass is 9.87. The lowest BCUT2D eigenvalue weighted by Gasteiger charge is -2.23. The van der Waals surface area contributed by atoms with Gasteiger partial charge in [-0.3, -0.25) is 0 Å². The van der Waals surface area contributed by atoms with Crippen molar-refractivity contribution < 1.29 is 0 Å².